The Balaban J connectivity index is 1.71. The van der Waals surface area contributed by atoms with E-state index in [9.17, 15) is 14.7 Å². The van der Waals surface area contributed by atoms with Crippen LogP contribution in [0.5, 0.6) is 0 Å². The number of carbonyl (C=O) groups excluding carboxylic acids is 2. The molecule has 1 aromatic heterocycles. The predicted molar refractivity (Wildman–Crippen MR) is 108 cm³/mol. The summed E-state index contributed by atoms with van der Waals surface area (Å²) in [4.78, 5) is 30.5. The summed E-state index contributed by atoms with van der Waals surface area (Å²) in [5.74, 6) is 0.112. The average Bonchev–Trinajstić information content (AvgIpc) is 3.19. The van der Waals surface area contributed by atoms with Gasteiger partial charge in [0.2, 0.25) is 5.91 Å². The molecule has 144 valence electrons. The molecule has 2 N–H and O–H groups in total. The van der Waals surface area contributed by atoms with Crippen molar-refractivity contribution in [3.05, 3.63) is 46.2 Å². The molecule has 2 aromatic rings. The van der Waals surface area contributed by atoms with Crippen molar-refractivity contribution in [1.82, 2.24) is 4.90 Å². The Kier molecular flexibility index (Phi) is 6.13. The third kappa shape index (κ3) is 4.67. The number of nitrogens with one attached hydrogen (secondary N) is 1. The molecule has 0 unspecified atom stereocenters. The number of anilines is 2. The number of benzene rings is 1. The molecule has 1 atom stereocenters. The topological polar surface area (TPSA) is 72.9 Å². The summed E-state index contributed by atoms with van der Waals surface area (Å²) in [6.07, 6.45) is 1.40. The average molecular weight is 388 g/mol. The first-order chi connectivity index (χ1) is 13.0. The summed E-state index contributed by atoms with van der Waals surface area (Å²) in [5.41, 5.74) is 1.43. The van der Waals surface area contributed by atoms with Crippen LogP contribution in [0.4, 0.5) is 16.2 Å². The molecule has 27 heavy (non-hydrogen) atoms. The Morgan fingerprint density at radius 2 is 2.19 bits per heavy atom. The lowest BCUT2D eigenvalue weighted by Crippen LogP contribution is -2.36. The van der Waals surface area contributed by atoms with Gasteiger partial charge in [0, 0.05) is 40.1 Å². The fourth-order valence-corrected chi connectivity index (χ4v) is 4.20. The zero-order valence-electron chi connectivity index (χ0n) is 15.6. The van der Waals surface area contributed by atoms with Gasteiger partial charge >= 0.3 is 6.03 Å². The van der Waals surface area contributed by atoms with Crippen LogP contribution in [-0.4, -0.2) is 41.1 Å². The van der Waals surface area contributed by atoms with E-state index in [0.29, 0.717) is 18.7 Å². The Labute approximate surface area is 163 Å². The smallest absolute Gasteiger partial charge is 0.322 e. The number of nitrogens with zero attached hydrogens (tertiary/aromatic N) is 2. The van der Waals surface area contributed by atoms with Gasteiger partial charge in [0.15, 0.2) is 0 Å². The maximum Gasteiger partial charge on any atom is 0.322 e. The van der Waals surface area contributed by atoms with Gasteiger partial charge in [0.05, 0.1) is 13.2 Å². The van der Waals surface area contributed by atoms with Crippen LogP contribution in [-0.2, 0) is 11.3 Å². The van der Waals surface area contributed by atoms with Crippen molar-refractivity contribution >= 4 is 34.6 Å². The minimum atomic E-state index is -0.270. The highest BCUT2D eigenvalue weighted by Gasteiger charge is 2.28. The second kappa shape index (κ2) is 8.54. The summed E-state index contributed by atoms with van der Waals surface area (Å²) in [6, 6.07) is 11.3. The Hall–Kier alpha value is -2.38. The van der Waals surface area contributed by atoms with Crippen molar-refractivity contribution in [2.45, 2.75) is 39.3 Å². The second-order valence-corrected chi connectivity index (χ2v) is 8.16. The van der Waals surface area contributed by atoms with E-state index < -0.39 is 0 Å². The van der Waals surface area contributed by atoms with Crippen molar-refractivity contribution in [3.63, 3.8) is 0 Å². The molecule has 0 radical (unpaired) electrons. The Morgan fingerprint density at radius 1 is 1.37 bits per heavy atom. The van der Waals surface area contributed by atoms with Crippen LogP contribution < -0.4 is 10.2 Å². The first-order valence-electron chi connectivity index (χ1n) is 9.12. The number of hydrogen-bond donors (Lipinski definition) is 2. The first kappa shape index (κ1) is 19.4. The number of urea groups is 1. The molecule has 1 aromatic carbocycles. The van der Waals surface area contributed by atoms with E-state index in [4.69, 9.17) is 0 Å². The molecule has 1 fully saturated rings. The number of hydrogen-bond acceptors (Lipinski definition) is 4. The van der Waals surface area contributed by atoms with Gasteiger partial charge in [-0.25, -0.2) is 4.79 Å². The van der Waals surface area contributed by atoms with Crippen LogP contribution >= 0.6 is 11.3 Å². The highest BCUT2D eigenvalue weighted by molar-refractivity contribution is 7.11. The number of thiophene rings is 1. The molecule has 3 rings (SSSR count). The van der Waals surface area contributed by atoms with Crippen LogP contribution in [0.3, 0.4) is 0 Å². The summed E-state index contributed by atoms with van der Waals surface area (Å²) in [6.45, 7) is 4.66. The Morgan fingerprint density at radius 3 is 2.81 bits per heavy atom. The molecule has 2 heterocycles. The van der Waals surface area contributed by atoms with E-state index in [1.54, 1.807) is 27.2 Å². The van der Waals surface area contributed by atoms with Gasteiger partial charge in [-0.05, 0) is 50.6 Å². The molecule has 6 nitrogen and oxygen atoms in total. The van der Waals surface area contributed by atoms with Gasteiger partial charge in [0.1, 0.15) is 0 Å². The van der Waals surface area contributed by atoms with Crippen molar-refractivity contribution in [3.8, 4) is 0 Å². The lowest BCUT2D eigenvalue weighted by Gasteiger charge is -2.24. The molecular weight excluding hydrogens is 362 g/mol. The van der Waals surface area contributed by atoms with Crippen molar-refractivity contribution < 1.29 is 14.7 Å². The van der Waals surface area contributed by atoms with Crippen LogP contribution in [0, 0.1) is 6.92 Å². The maximum atomic E-state index is 12.7. The van der Waals surface area contributed by atoms with E-state index in [0.717, 1.165) is 17.0 Å². The van der Waals surface area contributed by atoms with Crippen molar-refractivity contribution in [1.29, 1.82) is 0 Å². The van der Waals surface area contributed by atoms with Crippen LogP contribution in [0.1, 0.15) is 29.5 Å². The Bertz CT molecular complexity index is 820. The summed E-state index contributed by atoms with van der Waals surface area (Å²) in [7, 11) is 0. The van der Waals surface area contributed by atoms with Gasteiger partial charge in [-0.15, -0.1) is 11.3 Å². The molecular formula is C20H25N3O3S. The van der Waals surface area contributed by atoms with Gasteiger partial charge < -0.3 is 20.2 Å². The third-order valence-corrected chi connectivity index (χ3v) is 5.65. The normalized spacial score (nSPS) is 16.6. The molecule has 1 aliphatic rings. The number of carbonyl (C=O) groups is 2. The second-order valence-electron chi connectivity index (χ2n) is 6.79. The molecule has 3 amide bonds. The maximum absolute atomic E-state index is 12.7. The molecule has 0 bridgehead atoms. The molecule has 0 saturated carbocycles. The van der Waals surface area contributed by atoms with Gasteiger partial charge in [-0.1, -0.05) is 6.07 Å². The third-order valence-electron chi connectivity index (χ3n) is 4.66. The number of aryl methyl sites for hydroxylation is 1. The van der Waals surface area contributed by atoms with E-state index in [-0.39, 0.29) is 31.1 Å². The zero-order valence-corrected chi connectivity index (χ0v) is 16.5. The van der Waals surface area contributed by atoms with Crippen molar-refractivity contribution in [2.75, 3.05) is 23.4 Å². The largest absolute Gasteiger partial charge is 0.395 e. The standard InChI is InChI=1S/C20H25N3O3S/c1-14-6-9-19(25)23(14)17-5-3-4-16(12-17)21-20(26)22(10-11-24)13-18-8-7-15(2)27-18/h3-5,7-8,12,14,24H,6,9-11,13H2,1-2H3,(H,21,26)/t14-/m1/s1. The predicted octanol–water partition coefficient (Wildman–Crippen LogP) is 3.60. The van der Waals surface area contributed by atoms with Gasteiger partial charge in [-0.2, -0.15) is 0 Å². The van der Waals surface area contributed by atoms with E-state index in [1.165, 1.54) is 4.88 Å². The summed E-state index contributed by atoms with van der Waals surface area (Å²) >= 11 is 1.64. The molecule has 1 saturated heterocycles. The fourth-order valence-electron chi connectivity index (χ4n) is 3.29. The monoisotopic (exact) mass is 387 g/mol. The first-order valence-corrected chi connectivity index (χ1v) is 9.94. The lowest BCUT2D eigenvalue weighted by molar-refractivity contribution is -0.117. The number of amides is 3. The van der Waals surface area contributed by atoms with Crippen molar-refractivity contribution in [2.24, 2.45) is 0 Å². The quantitative estimate of drug-likeness (QED) is 0.795. The van der Waals surface area contributed by atoms with Crippen LogP contribution in [0.15, 0.2) is 36.4 Å². The SMILES string of the molecule is Cc1ccc(CN(CCO)C(=O)Nc2cccc(N3C(=O)CC[C@H]3C)c2)s1. The highest BCUT2D eigenvalue weighted by Crippen LogP contribution is 2.28. The van der Waals surface area contributed by atoms with Crippen LogP contribution in [0.25, 0.3) is 0 Å². The van der Waals surface area contributed by atoms with E-state index >= 15 is 0 Å². The minimum absolute atomic E-state index is 0.0996. The zero-order chi connectivity index (χ0) is 19.4. The molecule has 0 aliphatic carbocycles. The molecule has 0 spiro atoms. The molecule has 1 aliphatic heterocycles. The lowest BCUT2D eigenvalue weighted by atomic mass is 10.2. The minimum Gasteiger partial charge on any atom is -0.395 e. The number of rotatable bonds is 6. The number of aliphatic hydroxyl groups excluding tert-OH is 1. The van der Waals surface area contributed by atoms with Gasteiger partial charge in [-0.3, -0.25) is 4.79 Å². The molecule has 7 heteroatoms. The van der Waals surface area contributed by atoms with E-state index in [2.05, 4.69) is 5.32 Å². The van der Waals surface area contributed by atoms with Crippen LogP contribution in [0.2, 0.25) is 0 Å². The number of aliphatic hydroxyl groups is 1. The van der Waals surface area contributed by atoms with Gasteiger partial charge in [0.25, 0.3) is 0 Å². The summed E-state index contributed by atoms with van der Waals surface area (Å²) in [5, 5.41) is 12.2. The fraction of sp³-hybridized carbons (Fsp3) is 0.400. The summed E-state index contributed by atoms with van der Waals surface area (Å²) < 4.78 is 0. The van der Waals surface area contributed by atoms with E-state index in [1.807, 2.05) is 44.2 Å². The highest BCUT2D eigenvalue weighted by atomic mass is 32.1.